The molecular weight excluding hydrogens is 374 g/mol. The molecule has 0 unspecified atom stereocenters. The Kier molecular flexibility index (Phi) is 5.55. The molecule has 0 aliphatic rings. The third-order valence-electron chi connectivity index (χ3n) is 3.72. The van der Waals surface area contributed by atoms with Gasteiger partial charge in [0.15, 0.2) is 0 Å². The van der Waals surface area contributed by atoms with Crippen LogP contribution in [0.3, 0.4) is 0 Å². The summed E-state index contributed by atoms with van der Waals surface area (Å²) in [5.74, 6) is -0.506. The fourth-order valence-electron chi connectivity index (χ4n) is 2.35. The largest absolute Gasteiger partial charge is 0.472 e. The van der Waals surface area contributed by atoms with E-state index in [1.807, 2.05) is 18.2 Å². The maximum absolute atomic E-state index is 12.3. The topological polar surface area (TPSA) is 85.6 Å². The van der Waals surface area contributed by atoms with Gasteiger partial charge in [0.2, 0.25) is 10.0 Å². The second kappa shape index (κ2) is 7.86. The first-order valence-electron chi connectivity index (χ1n) is 7.79. The first-order chi connectivity index (χ1) is 12.5. The summed E-state index contributed by atoms with van der Waals surface area (Å²) < 4.78 is 36.9. The van der Waals surface area contributed by atoms with E-state index in [1.54, 1.807) is 23.9 Å². The number of benzene rings is 1. The number of thiophene rings is 1. The first kappa shape index (κ1) is 18.4. The highest BCUT2D eigenvalue weighted by molar-refractivity contribution is 7.89. The molecule has 2 heterocycles. The van der Waals surface area contributed by atoms with Gasteiger partial charge in [-0.2, -0.15) is 0 Å². The van der Waals surface area contributed by atoms with Gasteiger partial charge in [-0.15, -0.1) is 11.3 Å². The minimum atomic E-state index is -3.63. The molecule has 2 aromatic heterocycles. The number of furan rings is 1. The lowest BCUT2D eigenvalue weighted by atomic mass is 10.2. The molecule has 0 radical (unpaired) electrons. The number of hydrogen-bond acceptors (Lipinski definition) is 6. The number of sulfonamides is 1. The Morgan fingerprint density at radius 3 is 2.58 bits per heavy atom. The van der Waals surface area contributed by atoms with Gasteiger partial charge in [-0.3, -0.25) is 0 Å². The normalized spacial score (nSPS) is 11.4. The molecule has 0 saturated carbocycles. The van der Waals surface area contributed by atoms with Crippen molar-refractivity contribution in [2.75, 3.05) is 13.7 Å². The van der Waals surface area contributed by atoms with Crippen LogP contribution in [-0.2, 0) is 21.2 Å². The summed E-state index contributed by atoms with van der Waals surface area (Å²) in [4.78, 5) is 13.7. The van der Waals surface area contributed by atoms with Crippen molar-refractivity contribution >= 4 is 27.3 Å². The molecule has 1 N–H and O–H groups in total. The summed E-state index contributed by atoms with van der Waals surface area (Å²) in [6.07, 6.45) is 3.88. The van der Waals surface area contributed by atoms with Gasteiger partial charge in [0, 0.05) is 21.9 Å². The Balaban J connectivity index is 1.59. The van der Waals surface area contributed by atoms with E-state index in [4.69, 9.17) is 4.42 Å². The highest BCUT2D eigenvalue weighted by Gasteiger charge is 2.15. The zero-order chi connectivity index (χ0) is 18.6. The third kappa shape index (κ3) is 4.21. The van der Waals surface area contributed by atoms with Crippen LogP contribution in [0.5, 0.6) is 0 Å². The van der Waals surface area contributed by atoms with Crippen LogP contribution in [0.25, 0.3) is 10.4 Å². The van der Waals surface area contributed by atoms with Gasteiger partial charge in [0.25, 0.3) is 0 Å². The lowest BCUT2D eigenvalue weighted by Crippen LogP contribution is -2.25. The molecule has 0 atom stereocenters. The van der Waals surface area contributed by atoms with E-state index < -0.39 is 16.0 Å². The Hall–Kier alpha value is -2.42. The van der Waals surface area contributed by atoms with Crippen molar-refractivity contribution in [3.05, 3.63) is 65.4 Å². The molecule has 3 rings (SSSR count). The van der Waals surface area contributed by atoms with E-state index >= 15 is 0 Å². The Labute approximate surface area is 155 Å². The van der Waals surface area contributed by atoms with E-state index in [9.17, 15) is 13.2 Å². The molecule has 8 heteroatoms. The molecule has 3 aromatic rings. The SMILES string of the molecule is COC(=O)c1ccc(S(=O)(=O)NCCc2ccc(-c3ccoc3)s2)cc1. The number of ether oxygens (including phenoxy) is 1. The third-order valence-corrected chi connectivity index (χ3v) is 6.39. The van der Waals surface area contributed by atoms with Crippen LogP contribution in [0.2, 0.25) is 0 Å². The number of carbonyl (C=O) groups is 1. The summed E-state index contributed by atoms with van der Waals surface area (Å²) in [6.45, 7) is 0.284. The lowest BCUT2D eigenvalue weighted by Gasteiger charge is -2.07. The molecule has 1 aromatic carbocycles. The molecule has 0 spiro atoms. The average molecular weight is 391 g/mol. The van der Waals surface area contributed by atoms with Crippen molar-refractivity contribution in [2.24, 2.45) is 0 Å². The molecule has 0 amide bonds. The van der Waals surface area contributed by atoms with Gasteiger partial charge in [0.05, 0.1) is 30.1 Å². The zero-order valence-corrected chi connectivity index (χ0v) is 15.6. The van der Waals surface area contributed by atoms with Crippen LogP contribution < -0.4 is 4.72 Å². The van der Waals surface area contributed by atoms with Crippen molar-refractivity contribution in [3.63, 3.8) is 0 Å². The van der Waals surface area contributed by atoms with E-state index in [0.29, 0.717) is 12.0 Å². The average Bonchev–Trinajstić information content (AvgIpc) is 3.32. The van der Waals surface area contributed by atoms with Gasteiger partial charge in [-0.25, -0.2) is 17.9 Å². The van der Waals surface area contributed by atoms with Crippen molar-refractivity contribution in [2.45, 2.75) is 11.3 Å². The molecule has 26 heavy (non-hydrogen) atoms. The molecular formula is C18H17NO5S2. The lowest BCUT2D eigenvalue weighted by molar-refractivity contribution is 0.0600. The van der Waals surface area contributed by atoms with Crippen LogP contribution >= 0.6 is 11.3 Å². The van der Waals surface area contributed by atoms with Gasteiger partial charge in [-0.1, -0.05) is 0 Å². The van der Waals surface area contributed by atoms with Gasteiger partial charge in [0.1, 0.15) is 0 Å². The van der Waals surface area contributed by atoms with Crippen LogP contribution in [0.1, 0.15) is 15.2 Å². The number of rotatable bonds is 7. The molecule has 0 aliphatic carbocycles. The standard InChI is InChI=1S/C18H17NO5S2/c1-23-18(20)13-2-5-16(6-3-13)26(21,22)19-10-8-15-4-7-17(25-15)14-9-11-24-12-14/h2-7,9,11-12,19H,8,10H2,1H3. The number of methoxy groups -OCH3 is 1. The molecule has 0 fully saturated rings. The van der Waals surface area contributed by atoms with Gasteiger partial charge in [-0.05, 0) is 48.9 Å². The van der Waals surface area contributed by atoms with Crippen molar-refractivity contribution in [3.8, 4) is 10.4 Å². The number of nitrogens with one attached hydrogen (secondary N) is 1. The van der Waals surface area contributed by atoms with E-state index in [-0.39, 0.29) is 11.4 Å². The number of hydrogen-bond donors (Lipinski definition) is 1. The molecule has 136 valence electrons. The maximum atomic E-state index is 12.3. The smallest absolute Gasteiger partial charge is 0.337 e. The first-order valence-corrected chi connectivity index (χ1v) is 10.1. The van der Waals surface area contributed by atoms with Crippen molar-refractivity contribution in [1.82, 2.24) is 4.72 Å². The fraction of sp³-hybridized carbons (Fsp3) is 0.167. The van der Waals surface area contributed by atoms with Gasteiger partial charge >= 0.3 is 5.97 Å². The molecule has 0 bridgehead atoms. The van der Waals surface area contributed by atoms with Crippen molar-refractivity contribution < 1.29 is 22.4 Å². The summed E-state index contributed by atoms with van der Waals surface area (Å²) in [7, 11) is -2.35. The zero-order valence-electron chi connectivity index (χ0n) is 14.0. The maximum Gasteiger partial charge on any atom is 0.337 e. The van der Waals surface area contributed by atoms with Gasteiger partial charge < -0.3 is 9.15 Å². The van der Waals surface area contributed by atoms with Crippen LogP contribution in [0.4, 0.5) is 0 Å². The Morgan fingerprint density at radius 2 is 1.92 bits per heavy atom. The molecule has 0 aliphatic heterocycles. The highest BCUT2D eigenvalue weighted by atomic mass is 32.2. The van der Waals surface area contributed by atoms with E-state index in [1.165, 1.54) is 31.4 Å². The Morgan fingerprint density at radius 1 is 1.15 bits per heavy atom. The minimum Gasteiger partial charge on any atom is -0.472 e. The van der Waals surface area contributed by atoms with E-state index in [0.717, 1.165) is 15.3 Å². The van der Waals surface area contributed by atoms with Crippen LogP contribution in [0, 0.1) is 0 Å². The fourth-order valence-corrected chi connectivity index (χ4v) is 4.38. The predicted molar refractivity (Wildman–Crippen MR) is 98.7 cm³/mol. The minimum absolute atomic E-state index is 0.107. The van der Waals surface area contributed by atoms with Crippen LogP contribution in [-0.4, -0.2) is 28.0 Å². The monoisotopic (exact) mass is 391 g/mol. The van der Waals surface area contributed by atoms with E-state index in [2.05, 4.69) is 9.46 Å². The summed E-state index contributed by atoms with van der Waals surface area (Å²) in [5.41, 5.74) is 1.31. The summed E-state index contributed by atoms with van der Waals surface area (Å²) in [5, 5.41) is 0. The second-order valence-electron chi connectivity index (χ2n) is 5.44. The highest BCUT2D eigenvalue weighted by Crippen LogP contribution is 2.28. The predicted octanol–water partition coefficient (Wildman–Crippen LogP) is 3.32. The quantitative estimate of drug-likeness (QED) is 0.625. The number of esters is 1. The second-order valence-corrected chi connectivity index (χ2v) is 8.38. The Bertz CT molecular complexity index is 973. The molecule has 0 saturated heterocycles. The summed E-state index contributed by atoms with van der Waals surface area (Å²) in [6, 6.07) is 11.5. The van der Waals surface area contributed by atoms with Crippen molar-refractivity contribution in [1.29, 1.82) is 0 Å². The number of carbonyl (C=O) groups excluding carboxylic acids is 1. The molecule has 6 nitrogen and oxygen atoms in total. The van der Waals surface area contributed by atoms with Crippen LogP contribution in [0.15, 0.2) is 64.3 Å². The summed E-state index contributed by atoms with van der Waals surface area (Å²) >= 11 is 1.60.